The van der Waals surface area contributed by atoms with Gasteiger partial charge < -0.3 is 10.2 Å². The van der Waals surface area contributed by atoms with Crippen molar-refractivity contribution in [1.82, 2.24) is 25.0 Å². The lowest BCUT2D eigenvalue weighted by atomic mass is 10.0. The van der Waals surface area contributed by atoms with Crippen LogP contribution in [0.2, 0.25) is 0 Å². The molecule has 2 aromatic heterocycles. The third-order valence-corrected chi connectivity index (χ3v) is 5.36. The molecule has 1 saturated heterocycles. The molecule has 0 bridgehead atoms. The molecule has 2 aromatic rings. The van der Waals surface area contributed by atoms with E-state index in [1.165, 1.54) is 5.56 Å². The number of thiazole rings is 1. The Labute approximate surface area is 183 Å². The van der Waals surface area contributed by atoms with Crippen molar-refractivity contribution in [3.05, 3.63) is 34.0 Å². The van der Waals surface area contributed by atoms with Crippen LogP contribution in [0, 0.1) is 0 Å². The van der Waals surface area contributed by atoms with Gasteiger partial charge in [-0.2, -0.15) is 18.3 Å². The van der Waals surface area contributed by atoms with Crippen molar-refractivity contribution in [3.63, 3.8) is 0 Å². The number of aliphatic imine (C=N–C) groups is 1. The molecule has 1 N–H and O–H groups in total. The Kier molecular flexibility index (Phi) is 8.10. The van der Waals surface area contributed by atoms with Gasteiger partial charge in [0.2, 0.25) is 0 Å². The van der Waals surface area contributed by atoms with Crippen LogP contribution in [0.4, 0.5) is 13.2 Å². The van der Waals surface area contributed by atoms with E-state index >= 15 is 0 Å². The molecule has 3 rings (SSSR count). The maximum Gasteiger partial charge on any atom is 0.434 e. The molecule has 3 heterocycles. The smallest absolute Gasteiger partial charge is 0.357 e. The van der Waals surface area contributed by atoms with E-state index in [2.05, 4.69) is 25.3 Å². The Hall–Kier alpha value is -1.37. The third kappa shape index (κ3) is 5.82. The summed E-state index contributed by atoms with van der Waals surface area (Å²) in [6.45, 7) is 4.89. The summed E-state index contributed by atoms with van der Waals surface area (Å²) >= 11 is 1.03. The highest BCUT2D eigenvalue weighted by Crippen LogP contribution is 2.30. The van der Waals surface area contributed by atoms with Crippen LogP contribution < -0.4 is 5.32 Å². The quantitative estimate of drug-likeness (QED) is 0.367. The van der Waals surface area contributed by atoms with Crippen molar-refractivity contribution >= 4 is 41.3 Å². The van der Waals surface area contributed by atoms with Gasteiger partial charge in [-0.3, -0.25) is 9.67 Å². The van der Waals surface area contributed by atoms with E-state index in [1.54, 1.807) is 4.68 Å². The average molecular weight is 528 g/mol. The lowest BCUT2D eigenvalue weighted by molar-refractivity contribution is -0.140. The van der Waals surface area contributed by atoms with Crippen LogP contribution >= 0.6 is 35.3 Å². The Morgan fingerprint density at radius 1 is 1.43 bits per heavy atom. The van der Waals surface area contributed by atoms with Crippen molar-refractivity contribution in [1.29, 1.82) is 0 Å². The molecule has 1 atom stereocenters. The molecule has 6 nitrogen and oxygen atoms in total. The van der Waals surface area contributed by atoms with Gasteiger partial charge >= 0.3 is 6.18 Å². The highest BCUT2D eigenvalue weighted by Gasteiger charge is 2.33. The Bertz CT molecular complexity index is 788. The minimum absolute atomic E-state index is 0. The fourth-order valence-electron chi connectivity index (χ4n) is 3.11. The zero-order chi connectivity index (χ0) is 19.4. The molecule has 11 heteroatoms. The fraction of sp³-hybridized carbons (Fsp3) is 0.588. The van der Waals surface area contributed by atoms with Gasteiger partial charge in [0.15, 0.2) is 11.7 Å². The standard InChI is InChI=1S/C17H23F3N6S.HI/c1-3-21-16(22-6-4-15-24-14(11-27-15)17(18,19)20)26-7-5-12(10-26)13-8-23-25(2)9-13;/h8-9,11-12H,3-7,10H2,1-2H3,(H,21,22);1H. The van der Waals surface area contributed by atoms with E-state index < -0.39 is 11.9 Å². The average Bonchev–Trinajstić information content (AvgIpc) is 3.33. The molecule has 0 saturated carbocycles. The van der Waals surface area contributed by atoms with Crippen LogP contribution in [-0.4, -0.2) is 51.8 Å². The lowest BCUT2D eigenvalue weighted by Crippen LogP contribution is -2.40. The Morgan fingerprint density at radius 3 is 2.82 bits per heavy atom. The number of nitrogens with zero attached hydrogens (tertiary/aromatic N) is 5. The van der Waals surface area contributed by atoms with Crippen molar-refractivity contribution < 1.29 is 13.2 Å². The molecular weight excluding hydrogens is 504 g/mol. The SMILES string of the molecule is CCNC(=NCCc1nc(C(F)(F)F)cs1)N1CCC(c2cnn(C)c2)C1.I. The van der Waals surface area contributed by atoms with Gasteiger partial charge in [0.05, 0.1) is 11.2 Å². The van der Waals surface area contributed by atoms with Crippen LogP contribution in [0.15, 0.2) is 22.8 Å². The molecule has 0 spiro atoms. The minimum Gasteiger partial charge on any atom is -0.357 e. The zero-order valence-electron chi connectivity index (χ0n) is 15.7. The second kappa shape index (κ2) is 9.90. The lowest BCUT2D eigenvalue weighted by Gasteiger charge is -2.21. The van der Waals surface area contributed by atoms with Crippen LogP contribution in [-0.2, 0) is 19.6 Å². The molecule has 0 amide bonds. The van der Waals surface area contributed by atoms with Gasteiger partial charge in [0.1, 0.15) is 0 Å². The summed E-state index contributed by atoms with van der Waals surface area (Å²) in [5.41, 5.74) is 0.399. The van der Waals surface area contributed by atoms with Crippen molar-refractivity contribution in [3.8, 4) is 0 Å². The molecule has 0 aromatic carbocycles. The van der Waals surface area contributed by atoms with Crippen LogP contribution in [0.3, 0.4) is 0 Å². The number of aryl methyl sites for hydroxylation is 1. The second-order valence-electron chi connectivity index (χ2n) is 6.49. The van der Waals surface area contributed by atoms with E-state index in [9.17, 15) is 13.2 Å². The molecular formula is C17H24F3IN6S. The van der Waals surface area contributed by atoms with Crippen molar-refractivity contribution in [2.45, 2.75) is 31.9 Å². The normalized spacial score (nSPS) is 17.7. The molecule has 1 fully saturated rings. The summed E-state index contributed by atoms with van der Waals surface area (Å²) in [4.78, 5) is 10.4. The van der Waals surface area contributed by atoms with Gasteiger partial charge in [0.25, 0.3) is 0 Å². The number of aromatic nitrogens is 3. The third-order valence-electron chi connectivity index (χ3n) is 4.45. The summed E-state index contributed by atoms with van der Waals surface area (Å²) in [6, 6.07) is 0. The van der Waals surface area contributed by atoms with Gasteiger partial charge in [-0.15, -0.1) is 35.3 Å². The summed E-state index contributed by atoms with van der Waals surface area (Å²) in [7, 11) is 1.91. The maximum atomic E-state index is 12.6. The number of rotatable bonds is 5. The summed E-state index contributed by atoms with van der Waals surface area (Å²) in [6.07, 6.45) is 0.981. The molecule has 28 heavy (non-hydrogen) atoms. The topological polar surface area (TPSA) is 58.3 Å². The minimum atomic E-state index is -4.39. The molecule has 1 aliphatic heterocycles. The first-order chi connectivity index (χ1) is 12.9. The van der Waals surface area contributed by atoms with Gasteiger partial charge in [0, 0.05) is 57.1 Å². The largest absolute Gasteiger partial charge is 0.434 e. The number of hydrogen-bond acceptors (Lipinski definition) is 4. The first-order valence-corrected chi connectivity index (χ1v) is 9.78. The summed E-state index contributed by atoms with van der Waals surface area (Å²) in [5, 5.41) is 9.03. The van der Waals surface area contributed by atoms with E-state index in [0.717, 1.165) is 48.7 Å². The number of guanidine groups is 1. The summed E-state index contributed by atoms with van der Waals surface area (Å²) in [5.74, 6) is 1.22. The number of likely N-dealkylation sites (tertiary alicyclic amines) is 1. The molecule has 156 valence electrons. The molecule has 0 aliphatic carbocycles. The number of nitrogens with one attached hydrogen (secondary N) is 1. The van der Waals surface area contributed by atoms with Crippen LogP contribution in [0.1, 0.15) is 35.5 Å². The first-order valence-electron chi connectivity index (χ1n) is 8.90. The van der Waals surface area contributed by atoms with E-state index in [1.807, 2.05) is 26.4 Å². The first kappa shape index (κ1) is 22.9. The predicted octanol–water partition coefficient (Wildman–Crippen LogP) is 3.51. The fourth-order valence-corrected chi connectivity index (χ4v) is 3.91. The molecule has 0 radical (unpaired) electrons. The number of halogens is 4. The predicted molar refractivity (Wildman–Crippen MR) is 114 cm³/mol. The van der Waals surface area contributed by atoms with Crippen molar-refractivity contribution in [2.24, 2.45) is 12.0 Å². The van der Waals surface area contributed by atoms with Crippen molar-refractivity contribution in [2.75, 3.05) is 26.2 Å². The maximum absolute atomic E-state index is 12.6. The van der Waals surface area contributed by atoms with Crippen LogP contribution in [0.25, 0.3) is 0 Å². The Morgan fingerprint density at radius 2 is 2.21 bits per heavy atom. The van der Waals surface area contributed by atoms with Crippen LogP contribution in [0.5, 0.6) is 0 Å². The van der Waals surface area contributed by atoms with Gasteiger partial charge in [-0.25, -0.2) is 4.98 Å². The highest BCUT2D eigenvalue weighted by atomic mass is 127. The Balaban J connectivity index is 0.00000280. The number of hydrogen-bond donors (Lipinski definition) is 1. The zero-order valence-corrected chi connectivity index (χ0v) is 18.9. The summed E-state index contributed by atoms with van der Waals surface area (Å²) < 4.78 is 39.7. The monoisotopic (exact) mass is 528 g/mol. The molecule has 1 aliphatic rings. The van der Waals surface area contributed by atoms with Gasteiger partial charge in [-0.05, 0) is 18.9 Å². The second-order valence-corrected chi connectivity index (χ2v) is 7.43. The molecule has 1 unspecified atom stereocenters. The van der Waals surface area contributed by atoms with Gasteiger partial charge in [-0.1, -0.05) is 0 Å². The van der Waals surface area contributed by atoms with E-state index in [-0.39, 0.29) is 24.0 Å². The van der Waals surface area contributed by atoms with E-state index in [0.29, 0.717) is 23.9 Å². The van der Waals surface area contributed by atoms with E-state index in [4.69, 9.17) is 0 Å². The highest BCUT2D eigenvalue weighted by molar-refractivity contribution is 14.0. The number of alkyl halides is 3.